The van der Waals surface area contributed by atoms with Gasteiger partial charge in [-0.15, -0.1) is 0 Å². The van der Waals surface area contributed by atoms with E-state index < -0.39 is 134 Å². The van der Waals surface area contributed by atoms with Crippen molar-refractivity contribution in [1.82, 2.24) is 41.7 Å². The minimum absolute atomic E-state index is 0.235. The Bertz CT molecular complexity index is 1760. The third-order valence-electron chi connectivity index (χ3n) is 9.50. The summed E-state index contributed by atoms with van der Waals surface area (Å²) in [5, 5.41) is 36.9. The summed E-state index contributed by atoms with van der Waals surface area (Å²) in [6.07, 6.45) is 0.214. The molecule has 4 atom stereocenters. The van der Waals surface area contributed by atoms with Gasteiger partial charge in [-0.25, -0.2) is 0 Å². The maximum Gasteiger partial charge on any atom is 0.303 e. The summed E-state index contributed by atoms with van der Waals surface area (Å²) >= 11 is 0. The molecule has 2 heterocycles. The normalized spacial score (nSPS) is 16.4. The number of carbonyl (C=O) groups excluding carboxylic acids is 10. The molecule has 2 saturated heterocycles. The van der Waals surface area contributed by atoms with E-state index in [1.807, 2.05) is 0 Å². The predicted molar refractivity (Wildman–Crippen MR) is 214 cm³/mol. The first-order chi connectivity index (χ1) is 29.3. The second-order valence-electron chi connectivity index (χ2n) is 14.4. The minimum atomic E-state index is -1.17. The average molecular weight is 873 g/mol. The van der Waals surface area contributed by atoms with Crippen LogP contribution in [0.15, 0.2) is 24.3 Å². The lowest BCUT2D eigenvalue weighted by Gasteiger charge is -2.27. The molecule has 0 aromatic heterocycles. The van der Waals surface area contributed by atoms with Crippen LogP contribution in [0.25, 0.3) is 0 Å². The second-order valence-corrected chi connectivity index (χ2v) is 14.4. The molecule has 0 bridgehead atoms. The molecule has 3 rings (SSSR count). The van der Waals surface area contributed by atoms with E-state index in [2.05, 4.69) is 42.5 Å². The summed E-state index contributed by atoms with van der Waals surface area (Å²) in [6.45, 7) is 1.49. The number of nitrogens with zero attached hydrogens (tertiary/aromatic N) is 2. The SMILES string of the molecule is CC(NC(=O)CNC(=O)CCC(=O)O)C(=O)N1CCCC1C(=O)NCC(=O)Nc1ccc(NC(=O)CNC(=O)C2CCCN2C(=O)C(C)NC(=O)CNC(=O)CCC(=O)O)cc1. The maximum atomic E-state index is 13.1. The van der Waals surface area contributed by atoms with Gasteiger partial charge in [-0.1, -0.05) is 0 Å². The quantitative estimate of drug-likeness (QED) is 0.0548. The fourth-order valence-electron chi connectivity index (χ4n) is 6.41. The zero-order valence-corrected chi connectivity index (χ0v) is 34.2. The highest BCUT2D eigenvalue weighted by Crippen LogP contribution is 2.20. The van der Waals surface area contributed by atoms with Gasteiger partial charge in [-0.05, 0) is 63.8 Å². The highest BCUT2D eigenvalue weighted by atomic mass is 16.4. The molecule has 10 amide bonds. The fraction of sp³-hybridized carbons (Fsp3) is 0.526. The first-order valence-electron chi connectivity index (χ1n) is 19.8. The molecule has 0 radical (unpaired) electrons. The van der Waals surface area contributed by atoms with Crippen molar-refractivity contribution in [2.24, 2.45) is 0 Å². The number of amides is 10. The molecule has 0 saturated carbocycles. The molecule has 2 fully saturated rings. The highest BCUT2D eigenvalue weighted by molar-refractivity contribution is 5.99. The molecule has 338 valence electrons. The van der Waals surface area contributed by atoms with Crippen LogP contribution >= 0.6 is 0 Å². The van der Waals surface area contributed by atoms with E-state index in [4.69, 9.17) is 10.2 Å². The number of carboxylic acids is 2. The summed E-state index contributed by atoms with van der Waals surface area (Å²) in [5.41, 5.74) is 0.653. The Labute approximate surface area is 355 Å². The Hall–Kier alpha value is -7.14. The first-order valence-corrected chi connectivity index (χ1v) is 19.8. The molecule has 0 aliphatic carbocycles. The van der Waals surface area contributed by atoms with Gasteiger partial charge in [-0.3, -0.25) is 57.5 Å². The van der Waals surface area contributed by atoms with Crippen molar-refractivity contribution in [1.29, 1.82) is 0 Å². The number of hydrogen-bond donors (Lipinski definition) is 10. The summed E-state index contributed by atoms with van der Waals surface area (Å²) < 4.78 is 0. The van der Waals surface area contributed by atoms with E-state index in [9.17, 15) is 57.5 Å². The average Bonchev–Trinajstić information content (AvgIpc) is 3.93. The molecular weight excluding hydrogens is 820 g/mol. The van der Waals surface area contributed by atoms with Crippen molar-refractivity contribution >= 4 is 82.4 Å². The van der Waals surface area contributed by atoms with Crippen LogP contribution < -0.4 is 42.5 Å². The number of carbonyl (C=O) groups is 12. The Morgan fingerprint density at radius 3 is 1.19 bits per heavy atom. The van der Waals surface area contributed by atoms with Gasteiger partial charge >= 0.3 is 11.9 Å². The molecule has 1 aromatic rings. The van der Waals surface area contributed by atoms with Gasteiger partial charge < -0.3 is 62.5 Å². The monoisotopic (exact) mass is 872 g/mol. The van der Waals surface area contributed by atoms with E-state index in [-0.39, 0.29) is 25.9 Å². The number of anilines is 2. The molecule has 0 spiro atoms. The fourth-order valence-corrected chi connectivity index (χ4v) is 6.41. The molecule has 62 heavy (non-hydrogen) atoms. The number of aliphatic carboxylic acids is 2. The van der Waals surface area contributed by atoms with Gasteiger partial charge in [0.2, 0.25) is 59.1 Å². The van der Waals surface area contributed by atoms with Crippen LogP contribution in [0.1, 0.15) is 65.2 Å². The number of hydrogen-bond acceptors (Lipinski definition) is 12. The molecule has 2 aliphatic heterocycles. The number of likely N-dealkylation sites (tertiary alicyclic amines) is 2. The molecule has 2 aliphatic rings. The lowest BCUT2D eigenvalue weighted by Crippen LogP contribution is -2.54. The van der Waals surface area contributed by atoms with Crippen molar-refractivity contribution in [2.45, 2.75) is 89.4 Å². The van der Waals surface area contributed by atoms with E-state index in [1.165, 1.54) is 47.9 Å². The molecule has 10 N–H and O–H groups in total. The Balaban J connectivity index is 1.37. The van der Waals surface area contributed by atoms with Crippen LogP contribution in [-0.2, 0) is 57.5 Å². The molecular formula is C38H52N10O14. The number of rotatable bonds is 22. The van der Waals surface area contributed by atoms with E-state index in [0.29, 0.717) is 37.1 Å². The zero-order valence-electron chi connectivity index (χ0n) is 34.2. The van der Waals surface area contributed by atoms with Crippen molar-refractivity contribution in [3.63, 3.8) is 0 Å². The van der Waals surface area contributed by atoms with Crippen LogP contribution in [-0.4, -0.2) is 154 Å². The second kappa shape index (κ2) is 24.2. The Morgan fingerprint density at radius 2 is 0.855 bits per heavy atom. The third-order valence-corrected chi connectivity index (χ3v) is 9.50. The van der Waals surface area contributed by atoms with Gasteiger partial charge in [0.1, 0.15) is 24.2 Å². The van der Waals surface area contributed by atoms with E-state index in [0.717, 1.165) is 0 Å². The zero-order chi connectivity index (χ0) is 45.9. The minimum Gasteiger partial charge on any atom is -0.481 e. The van der Waals surface area contributed by atoms with Gasteiger partial charge in [0, 0.05) is 37.3 Å². The van der Waals surface area contributed by atoms with E-state index >= 15 is 0 Å². The molecule has 24 heteroatoms. The van der Waals surface area contributed by atoms with Crippen LogP contribution in [0, 0.1) is 0 Å². The van der Waals surface area contributed by atoms with Crippen molar-refractivity contribution in [3.05, 3.63) is 24.3 Å². The standard InChI is InChI=1S/C38H52N10O14/c1-21(43-29(51)17-39-27(49)11-13-33(55)56)37(61)47-15-3-5-25(47)35(59)41-19-31(53)45-23-7-9-24(10-8-23)46-32(54)20-42-36(60)26-6-4-16-48(26)38(62)22(2)44-30(52)18-40-28(50)12-14-34(57)58/h7-10,21-22,25-26H,3-6,11-20H2,1-2H3,(H,39,49)(H,40,50)(H,41,59)(H,42,60)(H,43,51)(H,44,52)(H,45,53)(H,46,54)(H,55,56)(H,57,58). The lowest BCUT2D eigenvalue weighted by atomic mass is 10.2. The number of carboxylic acid groups (broad SMARTS) is 2. The summed E-state index contributed by atoms with van der Waals surface area (Å²) in [7, 11) is 0. The van der Waals surface area contributed by atoms with Crippen LogP contribution in [0.5, 0.6) is 0 Å². The van der Waals surface area contributed by atoms with Crippen molar-refractivity contribution in [2.75, 3.05) is 49.9 Å². The van der Waals surface area contributed by atoms with Gasteiger partial charge in [0.15, 0.2) is 0 Å². The largest absolute Gasteiger partial charge is 0.481 e. The van der Waals surface area contributed by atoms with Gasteiger partial charge in [0.05, 0.1) is 39.0 Å². The van der Waals surface area contributed by atoms with Crippen molar-refractivity contribution in [3.8, 4) is 0 Å². The van der Waals surface area contributed by atoms with E-state index in [1.54, 1.807) is 0 Å². The third kappa shape index (κ3) is 16.5. The van der Waals surface area contributed by atoms with Gasteiger partial charge in [0.25, 0.3) is 0 Å². The van der Waals surface area contributed by atoms with Crippen molar-refractivity contribution < 1.29 is 67.7 Å². The molecule has 1 aromatic carbocycles. The van der Waals surface area contributed by atoms with Crippen LogP contribution in [0.2, 0.25) is 0 Å². The summed E-state index contributed by atoms with van der Waals surface area (Å²) in [6, 6.07) is 2.06. The highest BCUT2D eigenvalue weighted by Gasteiger charge is 2.38. The maximum absolute atomic E-state index is 13.1. The number of nitrogens with one attached hydrogen (secondary N) is 8. The molecule has 24 nitrogen and oxygen atoms in total. The first kappa shape index (κ1) is 49.2. The smallest absolute Gasteiger partial charge is 0.303 e. The lowest BCUT2D eigenvalue weighted by molar-refractivity contribution is -0.141. The summed E-state index contributed by atoms with van der Waals surface area (Å²) in [4.78, 5) is 149. The van der Waals surface area contributed by atoms with Gasteiger partial charge in [-0.2, -0.15) is 0 Å². The van der Waals surface area contributed by atoms with Crippen LogP contribution in [0.4, 0.5) is 11.4 Å². The molecule has 4 unspecified atom stereocenters. The van der Waals surface area contributed by atoms with Crippen LogP contribution in [0.3, 0.4) is 0 Å². The predicted octanol–water partition coefficient (Wildman–Crippen LogP) is -3.25. The topological polar surface area (TPSA) is 348 Å². The Kier molecular flexibility index (Phi) is 19.2. The number of benzene rings is 1. The Morgan fingerprint density at radius 1 is 0.516 bits per heavy atom. The summed E-state index contributed by atoms with van der Waals surface area (Å²) in [5.74, 6) is -8.42.